The summed E-state index contributed by atoms with van der Waals surface area (Å²) < 4.78 is 113. The van der Waals surface area contributed by atoms with Crippen LogP contribution in [0.25, 0.3) is 145 Å². The van der Waals surface area contributed by atoms with Gasteiger partial charge in [-0.3, -0.25) is 13.8 Å². The van der Waals surface area contributed by atoms with Crippen LogP contribution >= 0.6 is 15.9 Å². The number of aromatic nitrogens is 9. The van der Waals surface area contributed by atoms with Gasteiger partial charge in [0.05, 0.1) is 30.4 Å². The van der Waals surface area contributed by atoms with E-state index >= 15 is 4.39 Å². The molecule has 0 N–H and O–H groups in total. The Bertz CT molecular complexity index is 7210. The zero-order valence-corrected chi connectivity index (χ0v) is 92.4. The minimum atomic E-state index is -4.39. The Hall–Kier alpha value is -13.9. The maximum absolute atomic E-state index is 15.3. The molecule has 20 rings (SSSR count). The van der Waals surface area contributed by atoms with Crippen molar-refractivity contribution in [2.75, 3.05) is 13.2 Å². The second-order valence-corrected chi connectivity index (χ2v) is 34.8. The molecule has 0 amide bonds. The van der Waals surface area contributed by atoms with Crippen LogP contribution in [0.3, 0.4) is 0 Å². The van der Waals surface area contributed by atoms with E-state index in [1.165, 1.54) is 89.3 Å². The second kappa shape index (κ2) is 59.2. The van der Waals surface area contributed by atoms with Crippen molar-refractivity contribution in [1.29, 1.82) is 5.26 Å². The van der Waals surface area contributed by atoms with Crippen LogP contribution in [-0.2, 0) is 93.1 Å². The molecule has 24 heteroatoms. The number of halogens is 8. The third kappa shape index (κ3) is 32.8. The van der Waals surface area contributed by atoms with Gasteiger partial charge >= 0.3 is 6.18 Å². The van der Waals surface area contributed by atoms with Crippen molar-refractivity contribution in [1.82, 2.24) is 44.4 Å². The van der Waals surface area contributed by atoms with Crippen molar-refractivity contribution in [2.45, 2.75) is 79.9 Å². The van der Waals surface area contributed by atoms with E-state index in [1.807, 2.05) is 198 Å². The summed E-state index contributed by atoms with van der Waals surface area (Å²) in [6, 6.07) is 124. The second-order valence-electron chi connectivity index (χ2n) is 33.8. The molecule has 0 spiro atoms. The Morgan fingerprint density at radius 1 is 0.385 bits per heavy atom. The first-order valence-corrected chi connectivity index (χ1v) is 47.8. The zero-order valence-electron chi connectivity index (χ0n) is 81.3. The van der Waals surface area contributed by atoms with Crippen molar-refractivity contribution in [3.63, 3.8) is 0 Å². The first kappa shape index (κ1) is 116. The van der Waals surface area contributed by atoms with Crippen LogP contribution in [0.5, 0.6) is 11.5 Å². The number of alkyl halides is 3. The normalized spacial score (nSPS) is 10.7. The van der Waals surface area contributed by atoms with E-state index in [0.29, 0.717) is 75.8 Å². The Morgan fingerprint density at radius 2 is 0.797 bits per heavy atom. The average Bonchev–Trinajstić information content (AvgIpc) is 1.59. The quantitative estimate of drug-likeness (QED) is 0.0445. The topological polar surface area (TPSA) is 150 Å². The molecule has 1 atom stereocenters. The summed E-state index contributed by atoms with van der Waals surface area (Å²) in [7, 11) is 0. The average molecular weight is 2740 g/mol. The molecule has 4 radical (unpaired) electrons. The molecule has 0 bridgehead atoms. The molecule has 0 aliphatic rings. The fourth-order valence-corrected chi connectivity index (χ4v) is 15.8. The van der Waals surface area contributed by atoms with E-state index in [2.05, 4.69) is 165 Å². The molecule has 1 unspecified atom stereocenters. The molecule has 8 aromatic heterocycles. The van der Waals surface area contributed by atoms with Crippen molar-refractivity contribution in [3.8, 4) is 141 Å². The number of hydrogen-bond acceptors (Lipinski definition) is 11. The molecule has 0 aliphatic carbocycles. The van der Waals surface area contributed by atoms with E-state index in [4.69, 9.17) is 14.7 Å². The Labute approximate surface area is 922 Å². The van der Waals surface area contributed by atoms with Crippen molar-refractivity contribution in [2.24, 2.45) is 17.8 Å². The number of rotatable bonds is 23. The summed E-state index contributed by atoms with van der Waals surface area (Å²) >= 11 is 3.70. The van der Waals surface area contributed by atoms with Gasteiger partial charge in [-0.05, 0) is 178 Å². The first-order valence-electron chi connectivity index (χ1n) is 47.0. The summed E-state index contributed by atoms with van der Waals surface area (Å²) in [5.74, 6) is -0.685. The van der Waals surface area contributed by atoms with Crippen LogP contribution in [0, 0.1) is 94.8 Å². The number of pyridine rings is 6. The summed E-state index contributed by atoms with van der Waals surface area (Å²) in [5.41, 5.74) is 16.4. The van der Waals surface area contributed by atoms with Gasteiger partial charge in [-0.25, -0.2) is 8.78 Å². The van der Waals surface area contributed by atoms with Crippen molar-refractivity contribution in [3.05, 3.63) is 471 Å². The molecular weight excluding hydrogens is 2640 g/mol. The van der Waals surface area contributed by atoms with Crippen LogP contribution in [0.4, 0.5) is 30.7 Å². The summed E-state index contributed by atoms with van der Waals surface area (Å²) in [4.78, 5) is 33.6. The van der Waals surface area contributed by atoms with Crippen LogP contribution in [-0.4, -0.2) is 57.7 Å². The van der Waals surface area contributed by atoms with Gasteiger partial charge in [-0.1, -0.05) is 191 Å². The van der Waals surface area contributed by atoms with Gasteiger partial charge in [0.2, 0.25) is 0 Å². The fourth-order valence-electron chi connectivity index (χ4n) is 15.4. The summed E-state index contributed by atoms with van der Waals surface area (Å²) in [6.45, 7) is 14.8. The van der Waals surface area contributed by atoms with Crippen LogP contribution in [0.2, 0.25) is 0 Å². The molecule has 20 aromatic rings. The Balaban J connectivity index is 0.000000182. The first-order chi connectivity index (χ1) is 70.2. The SMILES string of the molecule is CC(C)COc1ccc(-c2c(F)c[c-]c(-c3cnccn3)c2F)cc1OCC(C)C.CCCCC(CC)Cn1c2ccc(Br)cc2c2cc(-c3cc[c-]c(-c4ccccn4)c3)ccc21.FC(F)(F)c1ccccc1-c1cc[c-]c(-c2ccccn2)c1.N#Cc1cc(F)c(-c2cc[c-]c(-c3ccccn3)c2)c(F)c1.[Ir].[Ir].[Ir].[Ir].[c-]1ccccc1-c1ccccn1.[c-]1ccccc1-c1ccccn1.[c-]1ccccc1-c1ccccn1. The van der Waals surface area contributed by atoms with E-state index in [0.717, 1.165) is 80.3 Å². The number of fused-ring (bicyclic) bond motifs is 3. The Morgan fingerprint density at radius 3 is 1.24 bits per heavy atom. The predicted molar refractivity (Wildman–Crippen MR) is 563 cm³/mol. The molecule has 756 valence electrons. The molecule has 148 heavy (non-hydrogen) atoms. The fraction of sp³-hybridized carbons (Fsp3) is 0.137. The van der Waals surface area contributed by atoms with Gasteiger partial charge in [-0.2, -0.15) is 18.4 Å². The van der Waals surface area contributed by atoms with E-state index in [9.17, 15) is 26.3 Å². The molecule has 0 fully saturated rings. The van der Waals surface area contributed by atoms with Crippen LogP contribution < -0.4 is 9.47 Å². The third-order valence-electron chi connectivity index (χ3n) is 22.5. The van der Waals surface area contributed by atoms with Gasteiger partial charge in [-0.15, -0.1) is 220 Å². The summed E-state index contributed by atoms with van der Waals surface area (Å²) in [5, 5.41) is 11.4. The molecule has 0 saturated carbocycles. The number of nitriles is 1. The molecular formula is C124H99BrF7Ir4N10O2-7. The van der Waals surface area contributed by atoms with E-state index < -0.39 is 35.0 Å². The zero-order chi connectivity index (χ0) is 101. The molecule has 0 aliphatic heterocycles. The minimum Gasteiger partial charge on any atom is -0.489 e. The number of unbranched alkanes of at least 4 members (excludes halogenated alkanes) is 1. The number of ether oxygens (including phenoxy) is 2. The van der Waals surface area contributed by atoms with E-state index in [-0.39, 0.29) is 120 Å². The van der Waals surface area contributed by atoms with Crippen molar-refractivity contribution < 1.29 is 121 Å². The largest absolute Gasteiger partial charge is 0.489 e. The molecule has 8 heterocycles. The van der Waals surface area contributed by atoms with Crippen LogP contribution in [0.1, 0.15) is 78.4 Å². The predicted octanol–water partition coefficient (Wildman–Crippen LogP) is 32.5. The maximum atomic E-state index is 15.3. The smallest absolute Gasteiger partial charge is 0.416 e. The number of benzene rings is 12. The van der Waals surface area contributed by atoms with Gasteiger partial charge < -0.3 is 48.9 Å². The van der Waals surface area contributed by atoms with Gasteiger partial charge in [0.25, 0.3) is 0 Å². The van der Waals surface area contributed by atoms with Crippen molar-refractivity contribution >= 4 is 37.7 Å². The van der Waals surface area contributed by atoms with Gasteiger partial charge in [0.1, 0.15) is 11.6 Å². The Kier molecular flexibility index (Phi) is 46.4. The van der Waals surface area contributed by atoms with Gasteiger partial charge in [0.15, 0.2) is 11.5 Å². The molecule has 0 saturated heterocycles. The van der Waals surface area contributed by atoms with Crippen LogP contribution in [0.15, 0.2) is 394 Å². The third-order valence-corrected chi connectivity index (χ3v) is 23.0. The standard InChI is InChI=1S/C31H30BrN2.C24H25F2N2O2.C18H11F3N.C18H9F2N2.3C11H8N.4Ir/c1-3-5-9-22(4-2)21-34-30-15-13-24(19-27(30)28-20-26(32)14-16-31(28)34)23-10-8-11-25(18-23)29-12-6-7-17-33-29;1-15(2)13-29-21-8-5-17(11-22(21)30-14-16(3)4)23-19(25)7-6-18(24(23)26)20-12-27-9-10-28-20;19-18(20,21)16-9-2-1-8-15(16)13-6-5-7-14(12-13)17-10-3-4-11-22-17;19-15-8-12(11-21)9-16(20)18(15)14-5-3-4-13(10-14)17-6-1-2-7-22-17;3*1-2-6-10(7-3-1)11-8-4-5-9-12-11;;;;/h6-8,10,12-20,22H,3-5,9,21H2,1-2H3;5,7-12,15-16H,13-14H2,1-4H3;1-6,8-12H;1-3,5-10H;3*1-6,8-9H;;;;/q7*-1;;;;. The maximum Gasteiger partial charge on any atom is 0.416 e. The monoisotopic (exact) mass is 2740 g/mol. The number of hydrogen-bond donors (Lipinski definition) is 0. The minimum absolute atomic E-state index is 0. The van der Waals surface area contributed by atoms with Gasteiger partial charge in [0, 0.05) is 192 Å². The summed E-state index contributed by atoms with van der Waals surface area (Å²) in [6.07, 6.45) is 15.5. The van der Waals surface area contributed by atoms with E-state index in [1.54, 1.807) is 122 Å². The molecule has 12 nitrogen and oxygen atoms in total. The number of nitrogens with zero attached hydrogens (tertiary/aromatic N) is 10. The molecule has 12 aromatic carbocycles.